The van der Waals surface area contributed by atoms with Gasteiger partial charge in [0.25, 0.3) is 5.91 Å². The molecule has 0 aliphatic rings. The maximum absolute atomic E-state index is 13.0. The van der Waals surface area contributed by atoms with Gasteiger partial charge in [0, 0.05) is 18.0 Å². The summed E-state index contributed by atoms with van der Waals surface area (Å²) in [5.41, 5.74) is 3.43. The summed E-state index contributed by atoms with van der Waals surface area (Å²) >= 11 is 2.04. The quantitative estimate of drug-likeness (QED) is 0.156. The molecule has 0 saturated heterocycles. The van der Waals surface area contributed by atoms with Gasteiger partial charge in [-0.05, 0) is 77.5 Å². The van der Waals surface area contributed by atoms with E-state index in [1.165, 1.54) is 48.8 Å². The first-order valence-corrected chi connectivity index (χ1v) is 11.0. The predicted octanol–water partition coefficient (Wildman–Crippen LogP) is 4.60. The summed E-state index contributed by atoms with van der Waals surface area (Å²) in [5.74, 6) is -0.0362. The van der Waals surface area contributed by atoms with E-state index in [2.05, 4.69) is 20.8 Å². The first-order valence-electron chi connectivity index (χ1n) is 9.90. The Morgan fingerprint density at radius 2 is 2.03 bits per heavy atom. The van der Waals surface area contributed by atoms with Crippen molar-refractivity contribution >= 4 is 51.9 Å². The minimum atomic E-state index is -0.556. The molecule has 0 unspecified atom stereocenters. The molecule has 1 amide bonds. The first-order chi connectivity index (χ1) is 16.4. The fourth-order valence-electron chi connectivity index (χ4n) is 2.73. The number of rotatable bonds is 10. The number of hydrazone groups is 1. The average molecular weight is 579 g/mol. The van der Waals surface area contributed by atoms with Gasteiger partial charge in [-0.15, -0.1) is 0 Å². The summed E-state index contributed by atoms with van der Waals surface area (Å²) < 4.78 is 25.0. The highest BCUT2D eigenvalue weighted by Gasteiger charge is 2.15. The summed E-state index contributed by atoms with van der Waals surface area (Å²) in [7, 11) is 0. The number of carbonyl (C=O) groups excluding carboxylic acids is 1. The van der Waals surface area contributed by atoms with Crippen molar-refractivity contribution < 1.29 is 23.6 Å². The SMILES string of the molecule is CCOc1cc(/C=N\Nc2ncccc2[N+](=O)[O-])cc(I)c1OCC(=O)Nc1ccc(F)cc1. The number of anilines is 2. The Hall–Kier alpha value is -3.81. The lowest BCUT2D eigenvalue weighted by atomic mass is 10.2. The fourth-order valence-corrected chi connectivity index (χ4v) is 3.51. The van der Waals surface area contributed by atoms with Gasteiger partial charge in [0.05, 0.1) is 21.3 Å². The molecular formula is C22H19FIN5O5. The van der Waals surface area contributed by atoms with Crippen molar-refractivity contribution in [3.63, 3.8) is 0 Å². The maximum atomic E-state index is 13.0. The zero-order chi connectivity index (χ0) is 24.5. The van der Waals surface area contributed by atoms with Crippen LogP contribution >= 0.6 is 22.6 Å². The molecule has 0 fully saturated rings. The van der Waals surface area contributed by atoms with Gasteiger partial charge in [-0.2, -0.15) is 5.10 Å². The van der Waals surface area contributed by atoms with Crippen LogP contribution in [0.4, 0.5) is 21.6 Å². The molecule has 0 bridgehead atoms. The first kappa shape index (κ1) is 24.8. The Bertz CT molecular complexity index is 1210. The molecule has 0 saturated carbocycles. The Balaban J connectivity index is 1.70. The van der Waals surface area contributed by atoms with Crippen LogP contribution < -0.4 is 20.2 Å². The highest BCUT2D eigenvalue weighted by Crippen LogP contribution is 2.34. The molecule has 0 radical (unpaired) electrons. The molecule has 176 valence electrons. The van der Waals surface area contributed by atoms with Gasteiger partial charge in [0.15, 0.2) is 18.1 Å². The van der Waals surface area contributed by atoms with Crippen LogP contribution in [0.25, 0.3) is 0 Å². The van der Waals surface area contributed by atoms with Gasteiger partial charge in [-0.3, -0.25) is 20.3 Å². The molecule has 10 nitrogen and oxygen atoms in total. The lowest BCUT2D eigenvalue weighted by Crippen LogP contribution is -2.20. The van der Waals surface area contributed by atoms with Crippen molar-refractivity contribution in [2.75, 3.05) is 24.0 Å². The lowest BCUT2D eigenvalue weighted by molar-refractivity contribution is -0.384. The molecule has 0 aliphatic carbocycles. The third-order valence-electron chi connectivity index (χ3n) is 4.17. The number of nitrogens with zero attached hydrogens (tertiary/aromatic N) is 3. The second kappa shape index (κ2) is 11.9. The number of nitrogens with one attached hydrogen (secondary N) is 2. The average Bonchev–Trinajstić information content (AvgIpc) is 2.80. The molecule has 2 aromatic carbocycles. The molecular weight excluding hydrogens is 560 g/mol. The Kier molecular flexibility index (Phi) is 8.67. The molecule has 1 heterocycles. The number of pyridine rings is 1. The van der Waals surface area contributed by atoms with E-state index in [0.717, 1.165) is 0 Å². The number of ether oxygens (including phenoxy) is 2. The van der Waals surface area contributed by atoms with Crippen molar-refractivity contribution in [2.24, 2.45) is 5.10 Å². The second-order valence-electron chi connectivity index (χ2n) is 6.60. The van der Waals surface area contributed by atoms with Crippen LogP contribution in [0.1, 0.15) is 12.5 Å². The van der Waals surface area contributed by atoms with Crippen LogP contribution in [0.15, 0.2) is 59.8 Å². The molecule has 0 atom stereocenters. The maximum Gasteiger partial charge on any atom is 0.313 e. The van der Waals surface area contributed by atoms with Gasteiger partial charge in [0.2, 0.25) is 5.82 Å². The number of benzene rings is 2. The van der Waals surface area contributed by atoms with Crippen molar-refractivity contribution in [3.05, 3.63) is 79.8 Å². The van der Waals surface area contributed by atoms with E-state index in [1.54, 1.807) is 19.1 Å². The topological polar surface area (TPSA) is 128 Å². The highest BCUT2D eigenvalue weighted by atomic mass is 127. The van der Waals surface area contributed by atoms with E-state index in [0.29, 0.717) is 32.9 Å². The standard InChI is InChI=1S/C22H19FIN5O5/c1-2-33-19-11-14(12-26-28-22-18(29(31)32)4-3-9-25-22)10-17(24)21(19)34-13-20(30)27-16-7-5-15(23)6-8-16/h3-12H,2,13H2,1H3,(H,25,28)(H,27,30)/b26-12-. The highest BCUT2D eigenvalue weighted by molar-refractivity contribution is 14.1. The van der Waals surface area contributed by atoms with Gasteiger partial charge in [0.1, 0.15) is 5.82 Å². The van der Waals surface area contributed by atoms with Gasteiger partial charge < -0.3 is 14.8 Å². The molecule has 3 rings (SSSR count). The van der Waals surface area contributed by atoms with Gasteiger partial charge in [-0.1, -0.05) is 0 Å². The Morgan fingerprint density at radius 3 is 2.74 bits per heavy atom. The summed E-state index contributed by atoms with van der Waals surface area (Å²) in [5, 5.41) is 17.7. The number of nitro groups is 1. The number of hydrogen-bond donors (Lipinski definition) is 2. The van der Waals surface area contributed by atoms with Gasteiger partial charge >= 0.3 is 5.69 Å². The molecule has 12 heteroatoms. The van der Waals surface area contributed by atoms with Crippen LogP contribution in [-0.4, -0.2) is 35.2 Å². The fraction of sp³-hybridized carbons (Fsp3) is 0.136. The van der Waals surface area contributed by atoms with Crippen molar-refractivity contribution in [1.29, 1.82) is 0 Å². The van der Waals surface area contributed by atoms with Crippen LogP contribution in [0.5, 0.6) is 11.5 Å². The molecule has 0 spiro atoms. The number of aromatic nitrogens is 1. The molecule has 0 aliphatic heterocycles. The smallest absolute Gasteiger partial charge is 0.313 e. The van der Waals surface area contributed by atoms with E-state index in [-0.39, 0.29) is 18.1 Å². The third kappa shape index (κ3) is 6.84. The minimum Gasteiger partial charge on any atom is -0.490 e. The van der Waals surface area contributed by atoms with E-state index in [1.807, 2.05) is 22.6 Å². The van der Waals surface area contributed by atoms with Crippen LogP contribution in [0.2, 0.25) is 0 Å². The van der Waals surface area contributed by atoms with Crippen LogP contribution in [0, 0.1) is 19.5 Å². The lowest BCUT2D eigenvalue weighted by Gasteiger charge is -2.14. The third-order valence-corrected chi connectivity index (χ3v) is 4.98. The zero-order valence-electron chi connectivity index (χ0n) is 17.8. The summed E-state index contributed by atoms with van der Waals surface area (Å²) in [6.45, 7) is 1.87. The van der Waals surface area contributed by atoms with E-state index in [4.69, 9.17) is 9.47 Å². The predicted molar refractivity (Wildman–Crippen MR) is 133 cm³/mol. The number of carbonyl (C=O) groups is 1. The summed E-state index contributed by atoms with van der Waals surface area (Å²) in [4.78, 5) is 26.7. The summed E-state index contributed by atoms with van der Waals surface area (Å²) in [6, 6.07) is 11.6. The van der Waals surface area contributed by atoms with Crippen molar-refractivity contribution in [2.45, 2.75) is 6.92 Å². The largest absolute Gasteiger partial charge is 0.490 e. The minimum absolute atomic E-state index is 0.00981. The van der Waals surface area contributed by atoms with Crippen LogP contribution in [0.3, 0.4) is 0 Å². The van der Waals surface area contributed by atoms with Crippen LogP contribution in [-0.2, 0) is 4.79 Å². The number of amides is 1. The molecule has 34 heavy (non-hydrogen) atoms. The van der Waals surface area contributed by atoms with E-state index < -0.39 is 16.6 Å². The van der Waals surface area contributed by atoms with Gasteiger partial charge in [-0.25, -0.2) is 9.37 Å². The monoisotopic (exact) mass is 579 g/mol. The van der Waals surface area contributed by atoms with E-state index in [9.17, 15) is 19.3 Å². The molecule has 2 N–H and O–H groups in total. The zero-order valence-corrected chi connectivity index (χ0v) is 20.0. The second-order valence-corrected chi connectivity index (χ2v) is 7.77. The Morgan fingerprint density at radius 1 is 1.26 bits per heavy atom. The number of halogens is 2. The number of hydrogen-bond acceptors (Lipinski definition) is 8. The molecule has 1 aromatic heterocycles. The normalized spacial score (nSPS) is 10.7. The molecule has 3 aromatic rings. The van der Waals surface area contributed by atoms with Crippen molar-refractivity contribution in [1.82, 2.24) is 4.98 Å². The summed E-state index contributed by atoms with van der Waals surface area (Å²) in [6.07, 6.45) is 2.87. The Labute approximate surface area is 207 Å². The van der Waals surface area contributed by atoms with Crippen molar-refractivity contribution in [3.8, 4) is 11.5 Å². The van der Waals surface area contributed by atoms with E-state index >= 15 is 0 Å².